The summed E-state index contributed by atoms with van der Waals surface area (Å²) >= 11 is 0. The van der Waals surface area contributed by atoms with Gasteiger partial charge in [0.1, 0.15) is 17.3 Å². The lowest BCUT2D eigenvalue weighted by Crippen LogP contribution is -2.37. The number of carbonyl (C=O) groups excluding carboxylic acids is 1. The molecule has 5 rings (SSSR count). The Morgan fingerprint density at radius 1 is 1.22 bits per heavy atom. The summed E-state index contributed by atoms with van der Waals surface area (Å²) in [6.07, 6.45) is 0.672. The molecule has 1 fully saturated rings. The van der Waals surface area contributed by atoms with Crippen LogP contribution in [0.2, 0.25) is 0 Å². The normalized spacial score (nSPS) is 16.9. The molecule has 1 aromatic carbocycles. The molecular weight excluding hydrogens is 490 g/mol. The molecule has 0 saturated carbocycles. The van der Waals surface area contributed by atoms with Crippen LogP contribution in [0.4, 0.5) is 33.7 Å². The topological polar surface area (TPSA) is 137 Å². The summed E-state index contributed by atoms with van der Waals surface area (Å²) in [5, 5.41) is 6.21. The van der Waals surface area contributed by atoms with Crippen molar-refractivity contribution in [3.05, 3.63) is 75.3 Å². The Morgan fingerprint density at radius 3 is 2.78 bits per heavy atom. The molecule has 3 N–H and O–H groups in total. The molecule has 0 aliphatic carbocycles. The van der Waals surface area contributed by atoms with E-state index in [-0.39, 0.29) is 22.6 Å². The van der Waals surface area contributed by atoms with Crippen molar-refractivity contribution in [1.29, 1.82) is 0 Å². The molecule has 3 aromatic heterocycles. The smallest absolute Gasteiger partial charge is 0.412 e. The lowest BCUT2D eigenvalue weighted by molar-refractivity contribution is -0.0735. The minimum absolute atomic E-state index is 0.0223. The number of anilines is 2. The first kappa shape index (κ1) is 23.1. The van der Waals surface area contributed by atoms with Crippen molar-refractivity contribution in [2.75, 3.05) is 23.3 Å². The maximum absolute atomic E-state index is 14.8. The lowest BCUT2D eigenvalue weighted by Gasteiger charge is -2.19. The van der Waals surface area contributed by atoms with Crippen molar-refractivity contribution in [3.8, 4) is 11.3 Å². The summed E-state index contributed by atoms with van der Waals surface area (Å²) in [5.41, 5.74) is -1.53. The lowest BCUT2D eigenvalue weighted by atomic mass is 10.2. The molecule has 0 bridgehead atoms. The van der Waals surface area contributed by atoms with E-state index in [4.69, 9.17) is 4.74 Å². The zero-order valence-corrected chi connectivity index (χ0v) is 18.0. The van der Waals surface area contributed by atoms with Crippen molar-refractivity contribution < 1.29 is 27.1 Å². The van der Waals surface area contributed by atoms with E-state index in [1.807, 2.05) is 5.32 Å². The Labute approximate surface area is 197 Å². The fourth-order valence-electron chi connectivity index (χ4n) is 3.79. The van der Waals surface area contributed by atoms with Crippen molar-refractivity contribution >= 4 is 23.1 Å². The standard InChI is InChI=1S/C21H15F4N7O4/c22-10-1-2-13(12(23)5-10)28-20(35)36-16-8-31(9-21(16,24)25)15-6-14(30-32-4-3-26-17(15)32)11-7-27-19(34)29-18(11)33/h1-7,16H,8-9H2,(H,28,35)(H2,27,29,33,34). The summed E-state index contributed by atoms with van der Waals surface area (Å²) in [5.74, 6) is -5.49. The van der Waals surface area contributed by atoms with E-state index in [9.17, 15) is 31.9 Å². The SMILES string of the molecule is O=C(Nc1ccc(F)cc1F)OC1CN(c2cc(-c3c[nH]c(=O)[nH]c3=O)nn3ccnc23)CC1(F)F. The minimum Gasteiger partial charge on any atom is -0.438 e. The van der Waals surface area contributed by atoms with Crippen LogP contribution in [0.1, 0.15) is 0 Å². The van der Waals surface area contributed by atoms with Crippen molar-refractivity contribution in [2.45, 2.75) is 12.0 Å². The molecule has 0 spiro atoms. The third-order valence-electron chi connectivity index (χ3n) is 5.45. The first-order valence-electron chi connectivity index (χ1n) is 10.3. The molecule has 4 heterocycles. The van der Waals surface area contributed by atoms with Crippen LogP contribution in [0.5, 0.6) is 0 Å². The number of hydrogen-bond donors (Lipinski definition) is 3. The number of aromatic nitrogens is 5. The van der Waals surface area contributed by atoms with E-state index in [2.05, 4.69) is 20.1 Å². The number of alkyl halides is 2. The second-order valence-corrected chi connectivity index (χ2v) is 7.88. The fraction of sp³-hybridized carbons (Fsp3) is 0.190. The third kappa shape index (κ3) is 4.25. The number of amides is 1. The molecule has 1 aliphatic rings. The van der Waals surface area contributed by atoms with E-state index in [0.717, 1.165) is 18.3 Å². The maximum atomic E-state index is 14.8. The van der Waals surface area contributed by atoms with E-state index >= 15 is 0 Å². The van der Waals surface area contributed by atoms with Gasteiger partial charge in [-0.1, -0.05) is 0 Å². The summed E-state index contributed by atoms with van der Waals surface area (Å²) in [4.78, 5) is 45.4. The first-order valence-corrected chi connectivity index (χ1v) is 10.3. The molecular formula is C21H15F4N7O4. The Balaban J connectivity index is 1.42. The van der Waals surface area contributed by atoms with Crippen LogP contribution in [0.25, 0.3) is 16.9 Å². The number of fused-ring (bicyclic) bond motifs is 1. The van der Waals surface area contributed by atoms with Crippen LogP contribution in [0, 0.1) is 11.6 Å². The number of rotatable bonds is 4. The van der Waals surface area contributed by atoms with Gasteiger partial charge in [0.05, 0.1) is 30.0 Å². The van der Waals surface area contributed by atoms with Gasteiger partial charge >= 0.3 is 17.7 Å². The number of halogens is 4. The van der Waals surface area contributed by atoms with Gasteiger partial charge in [0.2, 0.25) is 0 Å². The second kappa shape index (κ2) is 8.51. The number of ether oxygens (including phenoxy) is 1. The van der Waals surface area contributed by atoms with Crippen molar-refractivity contribution in [2.24, 2.45) is 0 Å². The fourth-order valence-corrected chi connectivity index (χ4v) is 3.79. The number of nitrogens with zero attached hydrogens (tertiary/aromatic N) is 4. The minimum atomic E-state index is -3.51. The summed E-state index contributed by atoms with van der Waals surface area (Å²) in [6, 6.07) is 3.68. The van der Waals surface area contributed by atoms with Gasteiger partial charge in [0.15, 0.2) is 11.8 Å². The molecule has 15 heteroatoms. The molecule has 1 atom stereocenters. The zero-order chi connectivity index (χ0) is 25.6. The average Bonchev–Trinajstić information content (AvgIpc) is 3.39. The Morgan fingerprint density at radius 2 is 2.03 bits per heavy atom. The number of hydrogen-bond acceptors (Lipinski definition) is 7. The first-order chi connectivity index (χ1) is 17.1. The van der Waals surface area contributed by atoms with E-state index < -0.39 is 59.8 Å². The predicted octanol–water partition coefficient (Wildman–Crippen LogP) is 2.12. The molecule has 186 valence electrons. The van der Waals surface area contributed by atoms with Gasteiger partial charge < -0.3 is 14.6 Å². The van der Waals surface area contributed by atoms with Crippen LogP contribution in [-0.2, 0) is 4.74 Å². The highest BCUT2D eigenvalue weighted by Gasteiger charge is 2.51. The van der Waals surface area contributed by atoms with Crippen LogP contribution < -0.4 is 21.5 Å². The van der Waals surface area contributed by atoms with Crippen molar-refractivity contribution in [1.82, 2.24) is 24.6 Å². The molecule has 11 nitrogen and oxygen atoms in total. The zero-order valence-electron chi connectivity index (χ0n) is 18.0. The average molecular weight is 505 g/mol. The van der Waals surface area contributed by atoms with Gasteiger partial charge in [-0.25, -0.2) is 36.7 Å². The van der Waals surface area contributed by atoms with Gasteiger partial charge in [0.25, 0.3) is 5.56 Å². The van der Waals surface area contributed by atoms with E-state index in [1.54, 1.807) is 0 Å². The van der Waals surface area contributed by atoms with E-state index in [1.165, 1.54) is 27.9 Å². The maximum Gasteiger partial charge on any atom is 0.412 e. The summed E-state index contributed by atoms with van der Waals surface area (Å²) in [6.45, 7) is -1.34. The number of imidazole rings is 1. The highest BCUT2D eigenvalue weighted by Crippen LogP contribution is 2.36. The molecule has 1 unspecified atom stereocenters. The van der Waals surface area contributed by atoms with Crippen molar-refractivity contribution in [3.63, 3.8) is 0 Å². The highest BCUT2D eigenvalue weighted by atomic mass is 19.3. The molecule has 1 saturated heterocycles. The van der Waals surface area contributed by atoms with Gasteiger partial charge in [-0.3, -0.25) is 15.1 Å². The van der Waals surface area contributed by atoms with Gasteiger partial charge in [0, 0.05) is 24.7 Å². The molecule has 4 aromatic rings. The number of H-pyrrole nitrogens is 2. The van der Waals surface area contributed by atoms with E-state index in [0.29, 0.717) is 6.07 Å². The van der Waals surface area contributed by atoms with Crippen LogP contribution in [0.15, 0.2) is 52.4 Å². The molecule has 0 radical (unpaired) electrons. The number of carbonyl (C=O) groups is 1. The molecule has 1 amide bonds. The highest BCUT2D eigenvalue weighted by molar-refractivity contribution is 5.85. The monoisotopic (exact) mass is 505 g/mol. The predicted molar refractivity (Wildman–Crippen MR) is 117 cm³/mol. The second-order valence-electron chi connectivity index (χ2n) is 7.88. The summed E-state index contributed by atoms with van der Waals surface area (Å²) in [7, 11) is 0. The molecule has 36 heavy (non-hydrogen) atoms. The van der Waals surface area contributed by atoms with Crippen LogP contribution in [-0.4, -0.2) is 55.8 Å². The third-order valence-corrected chi connectivity index (χ3v) is 5.45. The van der Waals surface area contributed by atoms with Crippen LogP contribution >= 0.6 is 0 Å². The number of nitrogens with one attached hydrogen (secondary N) is 3. The number of benzene rings is 1. The Bertz CT molecular complexity index is 1600. The Kier molecular flexibility index (Phi) is 5.45. The van der Waals surface area contributed by atoms with Crippen LogP contribution in [0.3, 0.4) is 0 Å². The largest absolute Gasteiger partial charge is 0.438 e. The Hall–Kier alpha value is -4.69. The van der Waals surface area contributed by atoms with Gasteiger partial charge in [-0.15, -0.1) is 0 Å². The quantitative estimate of drug-likeness (QED) is 0.362. The van der Waals surface area contributed by atoms with Gasteiger partial charge in [-0.2, -0.15) is 5.10 Å². The number of aromatic amines is 2. The summed E-state index contributed by atoms with van der Waals surface area (Å²) < 4.78 is 62.6. The molecule has 1 aliphatic heterocycles. The van der Waals surface area contributed by atoms with Gasteiger partial charge in [-0.05, 0) is 18.2 Å².